The second-order valence-electron chi connectivity index (χ2n) is 6.83. The first-order valence-corrected chi connectivity index (χ1v) is 9.85. The summed E-state index contributed by atoms with van der Waals surface area (Å²) in [5, 5.41) is 3.68. The molecule has 0 saturated heterocycles. The quantitative estimate of drug-likeness (QED) is 0.326. The number of aromatic nitrogens is 3. The monoisotopic (exact) mass is 434 g/mol. The normalized spacial score (nSPS) is 11.0. The molecule has 3 aromatic heterocycles. The fourth-order valence-corrected chi connectivity index (χ4v) is 3.45. The molecule has 0 aliphatic rings. The van der Waals surface area contributed by atoms with Crippen molar-refractivity contribution >= 4 is 34.1 Å². The summed E-state index contributed by atoms with van der Waals surface area (Å²) in [5.74, 6) is 1.52. The highest BCUT2D eigenvalue weighted by molar-refractivity contribution is 6.32. The summed E-state index contributed by atoms with van der Waals surface area (Å²) in [5.41, 5.74) is 3.77. The van der Waals surface area contributed by atoms with Gasteiger partial charge in [-0.15, -0.1) is 0 Å². The molecule has 0 amide bonds. The maximum Gasteiger partial charge on any atom is 0.158 e. The molecule has 0 saturated carbocycles. The van der Waals surface area contributed by atoms with Crippen molar-refractivity contribution in [1.29, 1.82) is 0 Å². The summed E-state index contributed by atoms with van der Waals surface area (Å²) < 4.78 is 24.5. The van der Waals surface area contributed by atoms with Gasteiger partial charge in [0.2, 0.25) is 0 Å². The van der Waals surface area contributed by atoms with Crippen LogP contribution >= 0.6 is 11.6 Å². The molecule has 8 heteroatoms. The van der Waals surface area contributed by atoms with Crippen LogP contribution in [-0.4, -0.2) is 15.0 Å². The number of hydrogen-bond acceptors (Lipinski definition) is 5. The third-order valence-electron chi connectivity index (χ3n) is 4.68. The van der Waals surface area contributed by atoms with Crippen LogP contribution in [-0.2, 0) is 6.61 Å². The first-order chi connectivity index (χ1) is 15.2. The predicted molar refractivity (Wildman–Crippen MR) is 117 cm³/mol. The number of anilines is 2. The van der Waals surface area contributed by atoms with Gasteiger partial charge in [-0.1, -0.05) is 23.7 Å². The Kier molecular flexibility index (Phi) is 5.01. The number of ether oxygens (including phenoxy) is 1. The van der Waals surface area contributed by atoms with E-state index < -0.39 is 0 Å². The van der Waals surface area contributed by atoms with Crippen LogP contribution in [0.3, 0.4) is 0 Å². The summed E-state index contributed by atoms with van der Waals surface area (Å²) >= 11 is 6.39. The van der Waals surface area contributed by atoms with Gasteiger partial charge in [0.15, 0.2) is 5.82 Å². The van der Waals surface area contributed by atoms with Crippen molar-refractivity contribution in [3.63, 3.8) is 0 Å². The van der Waals surface area contributed by atoms with Crippen molar-refractivity contribution < 1.29 is 13.5 Å². The number of nitrogens with one attached hydrogen (secondary N) is 2. The molecule has 2 aromatic carbocycles. The molecular formula is C23H16ClFN4O2. The van der Waals surface area contributed by atoms with Crippen LogP contribution in [0.2, 0.25) is 5.02 Å². The molecule has 5 aromatic rings. The first-order valence-electron chi connectivity index (χ1n) is 9.47. The Labute approximate surface area is 181 Å². The van der Waals surface area contributed by atoms with E-state index in [4.69, 9.17) is 20.8 Å². The summed E-state index contributed by atoms with van der Waals surface area (Å²) in [6.07, 6.45) is 3.11. The minimum absolute atomic E-state index is 0.217. The molecule has 0 fully saturated rings. The van der Waals surface area contributed by atoms with E-state index in [-0.39, 0.29) is 12.4 Å². The van der Waals surface area contributed by atoms with Crippen LogP contribution in [0.15, 0.2) is 77.7 Å². The van der Waals surface area contributed by atoms with Crippen LogP contribution in [0.25, 0.3) is 22.5 Å². The maximum absolute atomic E-state index is 13.3. The molecule has 31 heavy (non-hydrogen) atoms. The molecule has 154 valence electrons. The number of aromatic amines is 1. The molecule has 0 unspecified atom stereocenters. The smallest absolute Gasteiger partial charge is 0.158 e. The molecule has 0 bridgehead atoms. The molecule has 3 heterocycles. The molecule has 0 spiro atoms. The van der Waals surface area contributed by atoms with Gasteiger partial charge in [0.25, 0.3) is 0 Å². The highest BCUT2D eigenvalue weighted by Gasteiger charge is 2.12. The molecule has 0 radical (unpaired) electrons. The minimum Gasteiger partial charge on any atom is -0.487 e. The first kappa shape index (κ1) is 19.1. The highest BCUT2D eigenvalue weighted by atomic mass is 35.5. The average molecular weight is 435 g/mol. The van der Waals surface area contributed by atoms with Crippen molar-refractivity contribution in [2.24, 2.45) is 0 Å². The van der Waals surface area contributed by atoms with Gasteiger partial charge in [0, 0.05) is 5.69 Å². The maximum atomic E-state index is 13.3. The van der Waals surface area contributed by atoms with Crippen LogP contribution < -0.4 is 10.1 Å². The number of hydrogen-bond donors (Lipinski definition) is 2. The Balaban J connectivity index is 1.35. The second-order valence-corrected chi connectivity index (χ2v) is 7.24. The molecule has 0 atom stereocenters. The Bertz CT molecular complexity index is 1350. The van der Waals surface area contributed by atoms with E-state index in [9.17, 15) is 4.39 Å². The minimum atomic E-state index is -0.303. The van der Waals surface area contributed by atoms with E-state index >= 15 is 0 Å². The number of benzene rings is 2. The zero-order valence-corrected chi connectivity index (χ0v) is 16.9. The van der Waals surface area contributed by atoms with Gasteiger partial charge < -0.3 is 19.5 Å². The van der Waals surface area contributed by atoms with Crippen LogP contribution in [0.4, 0.5) is 15.9 Å². The van der Waals surface area contributed by atoms with Crippen molar-refractivity contribution in [3.05, 3.63) is 89.7 Å². The standard InChI is InChI=1S/C23H16ClFN4O2/c24-17-10-16(6-7-20(17)31-12-14-3-1-4-15(25)9-14)28-23-22-19(26-13-27-23)11-18(29-22)21-5-2-8-30-21/h1-11,13,29H,12H2,(H,26,27,28). The molecule has 0 aliphatic heterocycles. The van der Waals surface area contributed by atoms with Crippen LogP contribution in [0, 0.1) is 5.82 Å². The largest absolute Gasteiger partial charge is 0.487 e. The van der Waals surface area contributed by atoms with Gasteiger partial charge >= 0.3 is 0 Å². The van der Waals surface area contributed by atoms with E-state index in [0.29, 0.717) is 22.4 Å². The van der Waals surface area contributed by atoms with Crippen molar-refractivity contribution in [2.45, 2.75) is 6.61 Å². The lowest BCUT2D eigenvalue weighted by Gasteiger charge is -2.11. The zero-order valence-electron chi connectivity index (χ0n) is 16.1. The Hall–Kier alpha value is -3.84. The number of rotatable bonds is 6. The number of nitrogens with zero attached hydrogens (tertiary/aromatic N) is 2. The van der Waals surface area contributed by atoms with Crippen molar-refractivity contribution in [1.82, 2.24) is 15.0 Å². The van der Waals surface area contributed by atoms with Crippen LogP contribution in [0.5, 0.6) is 5.75 Å². The summed E-state index contributed by atoms with van der Waals surface area (Å²) in [6.45, 7) is 0.217. The SMILES string of the molecule is Fc1cccc(COc2ccc(Nc3ncnc4cc(-c5ccco5)[nH]c34)cc2Cl)c1. The zero-order chi connectivity index (χ0) is 21.2. The van der Waals surface area contributed by atoms with E-state index in [2.05, 4.69) is 20.3 Å². The van der Waals surface area contributed by atoms with E-state index in [1.807, 2.05) is 24.3 Å². The lowest BCUT2D eigenvalue weighted by Crippen LogP contribution is -1.98. The fraction of sp³-hybridized carbons (Fsp3) is 0.0435. The van der Waals surface area contributed by atoms with Gasteiger partial charge in [-0.2, -0.15) is 0 Å². The molecule has 5 rings (SSSR count). The van der Waals surface area contributed by atoms with Crippen molar-refractivity contribution in [2.75, 3.05) is 5.32 Å². The fourth-order valence-electron chi connectivity index (χ4n) is 3.22. The molecule has 6 nitrogen and oxygen atoms in total. The van der Waals surface area contributed by atoms with Gasteiger partial charge in [0.05, 0.1) is 22.5 Å². The van der Waals surface area contributed by atoms with Gasteiger partial charge in [-0.3, -0.25) is 0 Å². The summed E-state index contributed by atoms with van der Waals surface area (Å²) in [4.78, 5) is 11.9. The second kappa shape index (κ2) is 8.12. The molecule has 2 N–H and O–H groups in total. The predicted octanol–water partition coefficient (Wildman–Crippen LogP) is 6.33. The topological polar surface area (TPSA) is 76.0 Å². The Morgan fingerprint density at radius 3 is 2.81 bits per heavy atom. The van der Waals surface area contributed by atoms with Crippen LogP contribution in [0.1, 0.15) is 5.56 Å². The number of halogens is 2. The third kappa shape index (κ3) is 4.08. The van der Waals surface area contributed by atoms with Crippen molar-refractivity contribution in [3.8, 4) is 17.2 Å². The molecule has 0 aliphatic carbocycles. The van der Waals surface area contributed by atoms with E-state index in [1.54, 1.807) is 30.5 Å². The van der Waals surface area contributed by atoms with Gasteiger partial charge in [0.1, 0.15) is 35.8 Å². The summed E-state index contributed by atoms with van der Waals surface area (Å²) in [6, 6.07) is 17.2. The number of H-pyrrole nitrogens is 1. The molecular weight excluding hydrogens is 419 g/mol. The van der Waals surface area contributed by atoms with E-state index in [0.717, 1.165) is 28.0 Å². The third-order valence-corrected chi connectivity index (χ3v) is 4.98. The number of furan rings is 1. The summed E-state index contributed by atoms with van der Waals surface area (Å²) in [7, 11) is 0. The highest BCUT2D eigenvalue weighted by Crippen LogP contribution is 2.32. The average Bonchev–Trinajstić information content (AvgIpc) is 3.43. The number of fused-ring (bicyclic) bond motifs is 1. The lowest BCUT2D eigenvalue weighted by atomic mass is 10.2. The van der Waals surface area contributed by atoms with Gasteiger partial charge in [-0.05, 0) is 54.1 Å². The lowest BCUT2D eigenvalue weighted by molar-refractivity contribution is 0.306. The van der Waals surface area contributed by atoms with E-state index in [1.165, 1.54) is 18.5 Å². The Morgan fingerprint density at radius 2 is 2.00 bits per heavy atom. The Morgan fingerprint density at radius 1 is 1.06 bits per heavy atom. The van der Waals surface area contributed by atoms with Gasteiger partial charge in [-0.25, -0.2) is 14.4 Å².